The Balaban J connectivity index is 2.02. The highest BCUT2D eigenvalue weighted by atomic mass is 16.5. The standard InChI is InChI=1S/C15H20N2O4/c1-20-11-7-8-13(21-2)12(9-11)17-15(19)14(18)16-10-5-3-4-6-10/h7-10H,3-6H2,1-2H3,(H,16,18)(H,17,19). The maximum Gasteiger partial charge on any atom is 0.313 e. The maximum absolute atomic E-state index is 11.9. The lowest BCUT2D eigenvalue weighted by molar-refractivity contribution is -0.136. The summed E-state index contributed by atoms with van der Waals surface area (Å²) in [6, 6.07) is 5.10. The second kappa shape index (κ2) is 6.97. The van der Waals surface area contributed by atoms with E-state index in [1.165, 1.54) is 14.2 Å². The number of methoxy groups -OCH3 is 2. The van der Waals surface area contributed by atoms with Gasteiger partial charge in [0.2, 0.25) is 0 Å². The van der Waals surface area contributed by atoms with Crippen molar-refractivity contribution < 1.29 is 19.1 Å². The summed E-state index contributed by atoms with van der Waals surface area (Å²) in [5.41, 5.74) is 0.406. The molecule has 1 aliphatic carbocycles. The zero-order valence-corrected chi connectivity index (χ0v) is 12.3. The van der Waals surface area contributed by atoms with Crippen molar-refractivity contribution in [2.45, 2.75) is 31.7 Å². The SMILES string of the molecule is COc1ccc(OC)c(NC(=O)C(=O)NC2CCCC2)c1. The van der Waals surface area contributed by atoms with E-state index in [-0.39, 0.29) is 6.04 Å². The van der Waals surface area contributed by atoms with Gasteiger partial charge >= 0.3 is 11.8 Å². The van der Waals surface area contributed by atoms with E-state index < -0.39 is 11.8 Å². The van der Waals surface area contributed by atoms with Crippen LogP contribution in [-0.4, -0.2) is 32.1 Å². The molecule has 0 bridgehead atoms. The predicted molar refractivity (Wildman–Crippen MR) is 78.6 cm³/mol. The summed E-state index contributed by atoms with van der Waals surface area (Å²) < 4.78 is 10.3. The van der Waals surface area contributed by atoms with E-state index in [0.29, 0.717) is 17.2 Å². The van der Waals surface area contributed by atoms with Gasteiger partial charge in [-0.3, -0.25) is 9.59 Å². The number of anilines is 1. The normalized spacial score (nSPS) is 14.6. The molecule has 2 N–H and O–H groups in total. The van der Waals surface area contributed by atoms with Gasteiger partial charge in [0.25, 0.3) is 0 Å². The fraction of sp³-hybridized carbons (Fsp3) is 0.467. The first-order chi connectivity index (χ1) is 10.1. The summed E-state index contributed by atoms with van der Waals surface area (Å²) in [6.45, 7) is 0. The van der Waals surface area contributed by atoms with Crippen LogP contribution in [0.2, 0.25) is 0 Å². The summed E-state index contributed by atoms with van der Waals surface area (Å²) >= 11 is 0. The van der Waals surface area contributed by atoms with Crippen LogP contribution in [0.25, 0.3) is 0 Å². The molecule has 0 spiro atoms. The highest BCUT2D eigenvalue weighted by Crippen LogP contribution is 2.28. The Bertz CT molecular complexity index is 524. The number of carbonyl (C=O) groups excluding carboxylic acids is 2. The fourth-order valence-electron chi connectivity index (χ4n) is 2.41. The Hall–Kier alpha value is -2.24. The minimum atomic E-state index is -0.701. The third kappa shape index (κ3) is 3.87. The molecule has 1 saturated carbocycles. The van der Waals surface area contributed by atoms with E-state index in [4.69, 9.17) is 9.47 Å². The monoisotopic (exact) mass is 292 g/mol. The third-order valence-electron chi connectivity index (χ3n) is 3.55. The van der Waals surface area contributed by atoms with Crippen molar-refractivity contribution in [3.05, 3.63) is 18.2 Å². The zero-order valence-electron chi connectivity index (χ0n) is 12.3. The largest absolute Gasteiger partial charge is 0.497 e. The highest BCUT2D eigenvalue weighted by Gasteiger charge is 2.22. The number of benzene rings is 1. The topological polar surface area (TPSA) is 76.7 Å². The molecule has 0 radical (unpaired) electrons. The number of hydrogen-bond acceptors (Lipinski definition) is 4. The lowest BCUT2D eigenvalue weighted by Crippen LogP contribution is -2.40. The molecule has 0 atom stereocenters. The molecule has 0 unspecified atom stereocenters. The lowest BCUT2D eigenvalue weighted by Gasteiger charge is -2.14. The molecule has 1 aromatic rings. The second-order valence-corrected chi connectivity index (χ2v) is 4.98. The molecule has 6 heteroatoms. The van der Waals surface area contributed by atoms with Crippen LogP contribution in [0.15, 0.2) is 18.2 Å². The van der Waals surface area contributed by atoms with Crippen molar-refractivity contribution in [3.63, 3.8) is 0 Å². The van der Waals surface area contributed by atoms with Gasteiger partial charge in [0.05, 0.1) is 19.9 Å². The third-order valence-corrected chi connectivity index (χ3v) is 3.55. The van der Waals surface area contributed by atoms with Gasteiger partial charge in [0.15, 0.2) is 0 Å². The average Bonchev–Trinajstić information content (AvgIpc) is 2.99. The van der Waals surface area contributed by atoms with Crippen LogP contribution in [0.5, 0.6) is 11.5 Å². The Morgan fingerprint density at radius 1 is 1.10 bits per heavy atom. The van der Waals surface area contributed by atoms with E-state index in [9.17, 15) is 9.59 Å². The van der Waals surface area contributed by atoms with Crippen molar-refractivity contribution in [2.24, 2.45) is 0 Å². The molecule has 114 valence electrons. The average molecular weight is 292 g/mol. The van der Waals surface area contributed by atoms with Gasteiger partial charge in [-0.15, -0.1) is 0 Å². The van der Waals surface area contributed by atoms with Crippen molar-refractivity contribution >= 4 is 17.5 Å². The van der Waals surface area contributed by atoms with Gasteiger partial charge in [-0.05, 0) is 25.0 Å². The van der Waals surface area contributed by atoms with Gasteiger partial charge in [-0.2, -0.15) is 0 Å². The molecule has 1 fully saturated rings. The molecule has 0 aromatic heterocycles. The Morgan fingerprint density at radius 2 is 1.81 bits per heavy atom. The van der Waals surface area contributed by atoms with Gasteiger partial charge in [-0.1, -0.05) is 12.8 Å². The maximum atomic E-state index is 11.9. The molecular formula is C15H20N2O4. The number of amides is 2. The van der Waals surface area contributed by atoms with Gasteiger partial charge < -0.3 is 20.1 Å². The van der Waals surface area contributed by atoms with Crippen molar-refractivity contribution in [1.29, 1.82) is 0 Å². The Kier molecular flexibility index (Phi) is 5.03. The Morgan fingerprint density at radius 3 is 2.43 bits per heavy atom. The quantitative estimate of drug-likeness (QED) is 0.828. The molecule has 6 nitrogen and oxygen atoms in total. The van der Waals surface area contributed by atoms with E-state index in [2.05, 4.69) is 10.6 Å². The van der Waals surface area contributed by atoms with E-state index in [1.807, 2.05) is 0 Å². The lowest BCUT2D eigenvalue weighted by atomic mass is 10.2. The molecule has 0 saturated heterocycles. The molecule has 2 rings (SSSR count). The van der Waals surface area contributed by atoms with Crippen molar-refractivity contribution in [3.8, 4) is 11.5 Å². The van der Waals surface area contributed by atoms with Crippen molar-refractivity contribution in [2.75, 3.05) is 19.5 Å². The first-order valence-corrected chi connectivity index (χ1v) is 6.98. The van der Waals surface area contributed by atoms with Crippen LogP contribution in [0, 0.1) is 0 Å². The minimum Gasteiger partial charge on any atom is -0.497 e. The predicted octanol–water partition coefficient (Wildman–Crippen LogP) is 1.70. The van der Waals surface area contributed by atoms with E-state index in [0.717, 1.165) is 25.7 Å². The van der Waals surface area contributed by atoms with E-state index >= 15 is 0 Å². The van der Waals surface area contributed by atoms with Crippen LogP contribution in [0.1, 0.15) is 25.7 Å². The van der Waals surface area contributed by atoms with Gasteiger partial charge in [0.1, 0.15) is 11.5 Å². The summed E-state index contributed by atoms with van der Waals surface area (Å²) in [6.07, 6.45) is 4.05. The number of rotatable bonds is 4. The molecule has 1 aliphatic rings. The molecule has 1 aromatic carbocycles. The number of ether oxygens (including phenoxy) is 2. The summed E-state index contributed by atoms with van der Waals surface area (Å²) in [5, 5.41) is 5.30. The Labute approximate surface area is 123 Å². The van der Waals surface area contributed by atoms with Crippen molar-refractivity contribution in [1.82, 2.24) is 5.32 Å². The first kappa shape index (κ1) is 15.2. The molecule has 2 amide bonds. The zero-order chi connectivity index (χ0) is 15.2. The summed E-state index contributed by atoms with van der Waals surface area (Å²) in [5.74, 6) is -0.277. The van der Waals surface area contributed by atoms with Crippen LogP contribution >= 0.6 is 0 Å². The van der Waals surface area contributed by atoms with Gasteiger partial charge in [-0.25, -0.2) is 0 Å². The van der Waals surface area contributed by atoms with Crippen LogP contribution in [-0.2, 0) is 9.59 Å². The second-order valence-electron chi connectivity index (χ2n) is 4.98. The molecule has 0 heterocycles. The first-order valence-electron chi connectivity index (χ1n) is 6.98. The molecule has 21 heavy (non-hydrogen) atoms. The highest BCUT2D eigenvalue weighted by molar-refractivity contribution is 6.39. The summed E-state index contributed by atoms with van der Waals surface area (Å²) in [7, 11) is 3.02. The fourth-order valence-corrected chi connectivity index (χ4v) is 2.41. The van der Waals surface area contributed by atoms with E-state index in [1.54, 1.807) is 18.2 Å². The van der Waals surface area contributed by atoms with Crippen LogP contribution in [0.3, 0.4) is 0 Å². The van der Waals surface area contributed by atoms with Crippen LogP contribution < -0.4 is 20.1 Å². The smallest absolute Gasteiger partial charge is 0.313 e. The number of carbonyl (C=O) groups is 2. The molecule has 0 aliphatic heterocycles. The number of nitrogens with one attached hydrogen (secondary N) is 2. The summed E-state index contributed by atoms with van der Waals surface area (Å²) in [4.78, 5) is 23.8. The minimum absolute atomic E-state index is 0.107. The van der Waals surface area contributed by atoms with Crippen LogP contribution in [0.4, 0.5) is 5.69 Å². The number of hydrogen-bond donors (Lipinski definition) is 2. The molecular weight excluding hydrogens is 272 g/mol. The van der Waals surface area contributed by atoms with Gasteiger partial charge in [0, 0.05) is 12.1 Å².